The van der Waals surface area contributed by atoms with Crippen LogP contribution in [0.4, 0.5) is 0 Å². The summed E-state index contributed by atoms with van der Waals surface area (Å²) < 4.78 is 5.26. The number of carbonyl (C=O) groups excluding carboxylic acids is 1. The molecule has 1 atom stereocenters. The quantitative estimate of drug-likeness (QED) is 0.167. The van der Waals surface area contributed by atoms with E-state index in [0.29, 0.717) is 19.6 Å². The monoisotopic (exact) mass is 398 g/mol. The van der Waals surface area contributed by atoms with Crippen molar-refractivity contribution < 1.29 is 9.53 Å². The summed E-state index contributed by atoms with van der Waals surface area (Å²) in [7, 11) is 0. The second-order valence-electron chi connectivity index (χ2n) is 8.36. The minimum absolute atomic E-state index is 0.252. The molecule has 168 valence electrons. The molecule has 4 nitrogen and oxygen atoms in total. The van der Waals surface area contributed by atoms with Gasteiger partial charge in [0.2, 0.25) is 0 Å². The first-order valence-corrected chi connectivity index (χ1v) is 12.3. The van der Waals surface area contributed by atoms with E-state index < -0.39 is 6.04 Å². The number of carbonyl (C=O) groups is 1. The van der Waals surface area contributed by atoms with Crippen LogP contribution in [-0.2, 0) is 9.53 Å². The van der Waals surface area contributed by atoms with Gasteiger partial charge in [-0.2, -0.15) is 0 Å². The van der Waals surface area contributed by atoms with Crippen molar-refractivity contribution in [2.24, 2.45) is 11.5 Å². The molecule has 0 aromatic carbocycles. The largest absolute Gasteiger partial charge is 0.465 e. The highest BCUT2D eigenvalue weighted by Gasteiger charge is 2.13. The lowest BCUT2D eigenvalue weighted by Gasteiger charge is -2.11. The predicted octanol–water partition coefficient (Wildman–Crippen LogP) is 6.25. The van der Waals surface area contributed by atoms with Crippen molar-refractivity contribution in [1.29, 1.82) is 0 Å². The zero-order valence-electron chi connectivity index (χ0n) is 18.9. The van der Waals surface area contributed by atoms with E-state index in [1.807, 2.05) is 0 Å². The normalized spacial score (nSPS) is 12.2. The van der Waals surface area contributed by atoms with Gasteiger partial charge in [-0.15, -0.1) is 0 Å². The number of esters is 1. The lowest BCUT2D eigenvalue weighted by molar-refractivity contribution is -0.145. The Labute approximate surface area is 175 Å². The average Bonchev–Trinajstić information content (AvgIpc) is 2.70. The Balaban J connectivity index is 3.18. The summed E-state index contributed by atoms with van der Waals surface area (Å²) in [4.78, 5) is 11.7. The SMILES string of the molecule is CCCCCCCCCCCCCCCCCCOC(=O)C(N)CCCCN. The summed E-state index contributed by atoms with van der Waals surface area (Å²) in [6, 6.07) is -0.479. The van der Waals surface area contributed by atoms with Crippen LogP contribution in [0.15, 0.2) is 0 Å². The van der Waals surface area contributed by atoms with Crippen molar-refractivity contribution in [2.75, 3.05) is 13.2 Å². The molecule has 0 rings (SSSR count). The van der Waals surface area contributed by atoms with Crippen LogP contribution in [0.2, 0.25) is 0 Å². The molecule has 0 saturated heterocycles. The highest BCUT2D eigenvalue weighted by atomic mass is 16.5. The highest BCUT2D eigenvalue weighted by molar-refractivity contribution is 5.75. The number of hydrogen-bond acceptors (Lipinski definition) is 4. The van der Waals surface area contributed by atoms with Crippen LogP contribution in [-0.4, -0.2) is 25.2 Å². The Kier molecular flexibility index (Phi) is 22.2. The van der Waals surface area contributed by atoms with Gasteiger partial charge in [0, 0.05) is 0 Å². The molecule has 0 heterocycles. The van der Waals surface area contributed by atoms with Crippen LogP contribution in [0, 0.1) is 0 Å². The fourth-order valence-corrected chi connectivity index (χ4v) is 3.56. The summed E-state index contributed by atoms with van der Waals surface area (Å²) in [6.07, 6.45) is 24.1. The molecule has 0 fully saturated rings. The van der Waals surface area contributed by atoms with Crippen LogP contribution in [0.1, 0.15) is 129 Å². The van der Waals surface area contributed by atoms with Gasteiger partial charge in [0.05, 0.1) is 6.61 Å². The Morgan fingerprint density at radius 2 is 1.11 bits per heavy atom. The Morgan fingerprint density at radius 1 is 0.679 bits per heavy atom. The topological polar surface area (TPSA) is 78.3 Å². The van der Waals surface area contributed by atoms with E-state index >= 15 is 0 Å². The molecule has 4 N–H and O–H groups in total. The van der Waals surface area contributed by atoms with Gasteiger partial charge in [0.1, 0.15) is 6.04 Å². The van der Waals surface area contributed by atoms with Crippen molar-refractivity contribution in [1.82, 2.24) is 0 Å². The van der Waals surface area contributed by atoms with Gasteiger partial charge in [-0.25, -0.2) is 0 Å². The Morgan fingerprint density at radius 3 is 1.54 bits per heavy atom. The fraction of sp³-hybridized carbons (Fsp3) is 0.958. The molecule has 0 aliphatic heterocycles. The number of unbranched alkanes of at least 4 members (excludes halogenated alkanes) is 16. The van der Waals surface area contributed by atoms with Crippen molar-refractivity contribution in [3.05, 3.63) is 0 Å². The maximum Gasteiger partial charge on any atom is 0.322 e. The molecular weight excluding hydrogens is 348 g/mol. The lowest BCUT2D eigenvalue weighted by atomic mass is 10.0. The van der Waals surface area contributed by atoms with E-state index in [9.17, 15) is 4.79 Å². The molecule has 0 aliphatic carbocycles. The zero-order chi connectivity index (χ0) is 20.7. The lowest BCUT2D eigenvalue weighted by Crippen LogP contribution is -2.32. The van der Waals surface area contributed by atoms with E-state index in [-0.39, 0.29) is 5.97 Å². The first-order valence-electron chi connectivity index (χ1n) is 12.3. The maximum absolute atomic E-state index is 11.7. The van der Waals surface area contributed by atoms with Gasteiger partial charge in [-0.1, -0.05) is 110 Å². The van der Waals surface area contributed by atoms with Gasteiger partial charge >= 0.3 is 5.97 Å². The van der Waals surface area contributed by atoms with Crippen molar-refractivity contribution >= 4 is 5.97 Å². The standard InChI is InChI=1S/C24H50N2O2/c1-2-3-4-5-6-7-8-9-10-11-12-13-14-15-16-19-22-28-24(27)23(26)20-17-18-21-25/h23H,2-22,25-26H2,1H3. The van der Waals surface area contributed by atoms with E-state index in [1.165, 1.54) is 89.9 Å². The second kappa shape index (κ2) is 22.7. The zero-order valence-corrected chi connectivity index (χ0v) is 18.9. The van der Waals surface area contributed by atoms with Crippen LogP contribution in [0.3, 0.4) is 0 Å². The maximum atomic E-state index is 11.7. The molecule has 0 aliphatic rings. The first kappa shape index (κ1) is 27.4. The molecule has 0 bridgehead atoms. The van der Waals surface area contributed by atoms with Crippen LogP contribution >= 0.6 is 0 Å². The van der Waals surface area contributed by atoms with Gasteiger partial charge < -0.3 is 16.2 Å². The molecule has 0 saturated carbocycles. The molecule has 0 radical (unpaired) electrons. The Hall–Kier alpha value is -0.610. The smallest absolute Gasteiger partial charge is 0.322 e. The van der Waals surface area contributed by atoms with Gasteiger partial charge in [-0.3, -0.25) is 4.79 Å². The van der Waals surface area contributed by atoms with Gasteiger partial charge in [-0.05, 0) is 25.8 Å². The number of rotatable bonds is 22. The van der Waals surface area contributed by atoms with E-state index in [2.05, 4.69) is 6.92 Å². The fourth-order valence-electron chi connectivity index (χ4n) is 3.56. The Bertz CT molecular complexity index is 324. The van der Waals surface area contributed by atoms with E-state index in [0.717, 1.165) is 25.7 Å². The highest BCUT2D eigenvalue weighted by Crippen LogP contribution is 2.13. The third kappa shape index (κ3) is 20.1. The number of nitrogens with two attached hydrogens (primary N) is 2. The summed E-state index contributed by atoms with van der Waals surface area (Å²) in [5.41, 5.74) is 11.3. The summed E-state index contributed by atoms with van der Waals surface area (Å²) >= 11 is 0. The predicted molar refractivity (Wildman–Crippen MR) is 121 cm³/mol. The van der Waals surface area contributed by atoms with Crippen molar-refractivity contribution in [3.8, 4) is 0 Å². The van der Waals surface area contributed by atoms with Crippen LogP contribution < -0.4 is 11.5 Å². The van der Waals surface area contributed by atoms with Crippen molar-refractivity contribution in [3.63, 3.8) is 0 Å². The summed E-state index contributed by atoms with van der Waals surface area (Å²) in [6.45, 7) is 3.45. The second-order valence-corrected chi connectivity index (χ2v) is 8.36. The van der Waals surface area contributed by atoms with E-state index in [1.54, 1.807) is 0 Å². The summed E-state index contributed by atoms with van der Waals surface area (Å²) in [5, 5.41) is 0. The minimum Gasteiger partial charge on any atom is -0.465 e. The summed E-state index contributed by atoms with van der Waals surface area (Å²) in [5.74, 6) is -0.252. The minimum atomic E-state index is -0.479. The van der Waals surface area contributed by atoms with Gasteiger partial charge in [0.15, 0.2) is 0 Å². The number of hydrogen-bond donors (Lipinski definition) is 2. The van der Waals surface area contributed by atoms with Gasteiger partial charge in [0.25, 0.3) is 0 Å². The molecular formula is C24H50N2O2. The van der Waals surface area contributed by atoms with Crippen molar-refractivity contribution in [2.45, 2.75) is 135 Å². The molecule has 28 heavy (non-hydrogen) atoms. The molecule has 4 heteroatoms. The average molecular weight is 399 g/mol. The molecule has 0 aromatic heterocycles. The van der Waals surface area contributed by atoms with E-state index in [4.69, 9.17) is 16.2 Å². The molecule has 0 amide bonds. The van der Waals surface area contributed by atoms with Crippen LogP contribution in [0.5, 0.6) is 0 Å². The van der Waals surface area contributed by atoms with Crippen LogP contribution in [0.25, 0.3) is 0 Å². The first-order chi connectivity index (χ1) is 13.7. The number of ether oxygens (including phenoxy) is 1. The molecule has 0 spiro atoms. The third-order valence-corrected chi connectivity index (χ3v) is 5.51. The molecule has 1 unspecified atom stereocenters. The third-order valence-electron chi connectivity index (χ3n) is 5.51. The molecule has 0 aromatic rings.